The zero-order valence-electron chi connectivity index (χ0n) is 17.7. The SMILES string of the molecule is C/C=C\C=C(/N)n1c2ccccc2c2cc3c(nc21)c1ccccc1n3-c1ccccc1. The molecule has 0 amide bonds. The van der Waals surface area contributed by atoms with E-state index in [1.807, 2.05) is 37.3 Å². The van der Waals surface area contributed by atoms with Crippen molar-refractivity contribution in [2.24, 2.45) is 5.73 Å². The van der Waals surface area contributed by atoms with Crippen molar-refractivity contribution in [3.8, 4) is 5.69 Å². The maximum absolute atomic E-state index is 6.54. The minimum Gasteiger partial charge on any atom is -0.385 e. The van der Waals surface area contributed by atoms with Gasteiger partial charge < -0.3 is 10.3 Å². The van der Waals surface area contributed by atoms with Crippen LogP contribution in [0.25, 0.3) is 55.4 Å². The minimum absolute atomic E-state index is 0.646. The number of aromatic nitrogens is 3. The molecule has 0 aliphatic carbocycles. The molecule has 0 saturated carbocycles. The van der Waals surface area contributed by atoms with Crippen molar-refractivity contribution < 1.29 is 0 Å². The highest BCUT2D eigenvalue weighted by atomic mass is 15.1. The van der Waals surface area contributed by atoms with Gasteiger partial charge in [-0.3, -0.25) is 4.57 Å². The van der Waals surface area contributed by atoms with Crippen LogP contribution in [0, 0.1) is 0 Å². The first-order valence-electron chi connectivity index (χ1n) is 10.8. The summed E-state index contributed by atoms with van der Waals surface area (Å²) in [5.41, 5.74) is 12.8. The quantitative estimate of drug-likeness (QED) is 0.331. The Morgan fingerprint density at radius 3 is 2.25 bits per heavy atom. The number of fused-ring (bicyclic) bond motifs is 6. The number of allylic oxidation sites excluding steroid dienone is 3. The molecule has 0 bridgehead atoms. The molecule has 0 fully saturated rings. The number of pyridine rings is 1. The number of rotatable bonds is 3. The first-order chi connectivity index (χ1) is 15.8. The van der Waals surface area contributed by atoms with Crippen molar-refractivity contribution in [1.29, 1.82) is 0 Å². The van der Waals surface area contributed by atoms with Gasteiger partial charge in [-0.1, -0.05) is 66.7 Å². The Morgan fingerprint density at radius 1 is 0.781 bits per heavy atom. The van der Waals surface area contributed by atoms with Crippen molar-refractivity contribution in [1.82, 2.24) is 14.1 Å². The van der Waals surface area contributed by atoms with E-state index in [0.29, 0.717) is 5.82 Å². The molecule has 3 aromatic carbocycles. The number of benzene rings is 3. The molecule has 0 radical (unpaired) electrons. The molecular weight excluding hydrogens is 392 g/mol. The third kappa shape index (κ3) is 2.59. The molecule has 0 spiro atoms. The molecule has 154 valence electrons. The first kappa shape index (κ1) is 18.5. The predicted octanol–water partition coefficient (Wildman–Crippen LogP) is 6.62. The second kappa shape index (κ2) is 7.13. The number of nitrogens with zero attached hydrogens (tertiary/aromatic N) is 3. The van der Waals surface area contributed by atoms with Crippen LogP contribution in [0.2, 0.25) is 0 Å². The Balaban J connectivity index is 1.82. The Bertz CT molecular complexity index is 1680. The first-order valence-corrected chi connectivity index (χ1v) is 10.8. The van der Waals surface area contributed by atoms with Gasteiger partial charge in [0.15, 0.2) is 0 Å². The molecule has 6 rings (SSSR count). The number of nitrogens with two attached hydrogens (primary N) is 1. The molecule has 4 nitrogen and oxygen atoms in total. The molecule has 3 aromatic heterocycles. The largest absolute Gasteiger partial charge is 0.385 e. The lowest BCUT2D eigenvalue weighted by atomic mass is 10.2. The van der Waals surface area contributed by atoms with Gasteiger partial charge >= 0.3 is 0 Å². The Kier molecular flexibility index (Phi) is 4.12. The third-order valence-electron chi connectivity index (χ3n) is 6.00. The zero-order chi connectivity index (χ0) is 21.7. The summed E-state index contributed by atoms with van der Waals surface area (Å²) in [4.78, 5) is 5.22. The monoisotopic (exact) mass is 414 g/mol. The highest BCUT2D eigenvalue weighted by Gasteiger charge is 2.19. The van der Waals surface area contributed by atoms with Crippen LogP contribution < -0.4 is 5.73 Å². The van der Waals surface area contributed by atoms with E-state index in [0.717, 1.165) is 49.6 Å². The Morgan fingerprint density at radius 2 is 1.47 bits per heavy atom. The summed E-state index contributed by atoms with van der Waals surface area (Å²) < 4.78 is 4.35. The van der Waals surface area contributed by atoms with Crippen molar-refractivity contribution in [2.75, 3.05) is 0 Å². The van der Waals surface area contributed by atoms with Gasteiger partial charge in [0, 0.05) is 21.8 Å². The smallest absolute Gasteiger partial charge is 0.147 e. The van der Waals surface area contributed by atoms with E-state index in [1.54, 1.807) is 0 Å². The van der Waals surface area contributed by atoms with Gasteiger partial charge in [0.05, 0.1) is 22.1 Å². The summed E-state index contributed by atoms with van der Waals surface area (Å²) >= 11 is 0. The highest BCUT2D eigenvalue weighted by Crippen LogP contribution is 2.36. The van der Waals surface area contributed by atoms with E-state index in [9.17, 15) is 0 Å². The van der Waals surface area contributed by atoms with Crippen molar-refractivity contribution in [2.45, 2.75) is 6.92 Å². The Hall–Kier alpha value is -4.31. The van der Waals surface area contributed by atoms with Crippen LogP contribution in [-0.4, -0.2) is 14.1 Å². The van der Waals surface area contributed by atoms with Crippen molar-refractivity contribution in [3.05, 3.63) is 103 Å². The van der Waals surface area contributed by atoms with Crippen LogP contribution in [0.3, 0.4) is 0 Å². The topological polar surface area (TPSA) is 48.8 Å². The van der Waals surface area contributed by atoms with Gasteiger partial charge in [0.2, 0.25) is 0 Å². The minimum atomic E-state index is 0.646. The summed E-state index contributed by atoms with van der Waals surface area (Å²) in [7, 11) is 0. The average Bonchev–Trinajstić information content (AvgIpc) is 3.34. The van der Waals surface area contributed by atoms with E-state index in [-0.39, 0.29) is 0 Å². The summed E-state index contributed by atoms with van der Waals surface area (Å²) in [6.07, 6.45) is 5.85. The maximum Gasteiger partial charge on any atom is 0.147 e. The van der Waals surface area contributed by atoms with Gasteiger partial charge in [-0.05, 0) is 43.3 Å². The molecule has 2 N–H and O–H groups in total. The van der Waals surface area contributed by atoms with Gasteiger partial charge in [0.25, 0.3) is 0 Å². The van der Waals surface area contributed by atoms with Crippen LogP contribution in [0.1, 0.15) is 6.92 Å². The number of hydrogen-bond donors (Lipinski definition) is 1. The molecule has 0 aliphatic rings. The Labute approximate surface area is 185 Å². The zero-order valence-corrected chi connectivity index (χ0v) is 17.7. The third-order valence-corrected chi connectivity index (χ3v) is 6.00. The molecular formula is C28H22N4. The fourth-order valence-electron chi connectivity index (χ4n) is 4.63. The molecule has 0 unspecified atom stereocenters. The van der Waals surface area contributed by atoms with E-state index in [4.69, 9.17) is 10.7 Å². The second-order valence-corrected chi connectivity index (χ2v) is 7.89. The van der Waals surface area contributed by atoms with E-state index < -0.39 is 0 Å². The van der Waals surface area contributed by atoms with Gasteiger partial charge in [-0.25, -0.2) is 4.98 Å². The van der Waals surface area contributed by atoms with Gasteiger partial charge in [0.1, 0.15) is 11.5 Å². The summed E-state index contributed by atoms with van der Waals surface area (Å²) in [5.74, 6) is 0.646. The van der Waals surface area contributed by atoms with Crippen LogP contribution in [0.15, 0.2) is 103 Å². The van der Waals surface area contributed by atoms with E-state index in [2.05, 4.69) is 81.9 Å². The lowest BCUT2D eigenvalue weighted by molar-refractivity contribution is 1.14. The summed E-state index contributed by atoms with van der Waals surface area (Å²) in [5, 5.41) is 3.35. The molecule has 32 heavy (non-hydrogen) atoms. The summed E-state index contributed by atoms with van der Waals surface area (Å²) in [6, 6.07) is 29.5. The average molecular weight is 415 g/mol. The van der Waals surface area contributed by atoms with Crippen LogP contribution in [-0.2, 0) is 0 Å². The number of para-hydroxylation sites is 3. The van der Waals surface area contributed by atoms with Crippen molar-refractivity contribution >= 4 is 49.7 Å². The van der Waals surface area contributed by atoms with Crippen molar-refractivity contribution in [3.63, 3.8) is 0 Å². The fourth-order valence-corrected chi connectivity index (χ4v) is 4.63. The molecule has 0 atom stereocenters. The standard InChI is InChI=1S/C28H22N4/c1-2-3-17-26(29)32-23-15-9-7-13-20(23)22-18-25-27(30-28(22)32)21-14-8-10-16-24(21)31(25)19-11-5-4-6-12-19/h2-18H,29H2,1H3/b3-2-,26-17+. The van der Waals surface area contributed by atoms with E-state index >= 15 is 0 Å². The molecule has 3 heterocycles. The normalized spacial score (nSPS) is 12.7. The fraction of sp³-hybridized carbons (Fsp3) is 0.0357. The van der Waals surface area contributed by atoms with Gasteiger partial charge in [-0.2, -0.15) is 0 Å². The maximum atomic E-state index is 6.54. The van der Waals surface area contributed by atoms with E-state index in [1.165, 1.54) is 0 Å². The molecule has 0 saturated heterocycles. The van der Waals surface area contributed by atoms with Gasteiger partial charge in [-0.15, -0.1) is 0 Å². The highest BCUT2D eigenvalue weighted by molar-refractivity contribution is 6.16. The van der Waals surface area contributed by atoms with Crippen LogP contribution in [0.5, 0.6) is 0 Å². The second-order valence-electron chi connectivity index (χ2n) is 7.89. The summed E-state index contributed by atoms with van der Waals surface area (Å²) in [6.45, 7) is 1.98. The molecule has 0 aliphatic heterocycles. The lowest BCUT2D eigenvalue weighted by Crippen LogP contribution is -2.06. The van der Waals surface area contributed by atoms with Crippen LogP contribution >= 0.6 is 0 Å². The molecule has 4 heteroatoms. The predicted molar refractivity (Wildman–Crippen MR) is 135 cm³/mol. The van der Waals surface area contributed by atoms with Crippen LogP contribution in [0.4, 0.5) is 0 Å². The molecule has 6 aromatic rings. The lowest BCUT2D eigenvalue weighted by Gasteiger charge is -2.08. The number of hydrogen-bond acceptors (Lipinski definition) is 2.